The highest BCUT2D eigenvalue weighted by Crippen LogP contribution is 2.31. The number of anilines is 1. The lowest BCUT2D eigenvalue weighted by Gasteiger charge is -2.13. The molecule has 1 aliphatic rings. The van der Waals surface area contributed by atoms with Gasteiger partial charge in [0.2, 0.25) is 5.91 Å². The molecule has 2 heterocycles. The van der Waals surface area contributed by atoms with Crippen molar-refractivity contribution in [3.05, 3.63) is 41.6 Å². The first-order valence-electron chi connectivity index (χ1n) is 8.10. The second-order valence-electron chi connectivity index (χ2n) is 6.18. The normalized spacial score (nSPS) is 17.0. The number of halogens is 4. The first-order valence-corrected chi connectivity index (χ1v) is 8.10. The Bertz CT molecular complexity index is 770. The zero-order valence-electron chi connectivity index (χ0n) is 14.1. The van der Waals surface area contributed by atoms with Gasteiger partial charge in [0.05, 0.1) is 16.9 Å². The smallest absolute Gasteiger partial charge is 0.313 e. The van der Waals surface area contributed by atoms with Crippen LogP contribution in [0.15, 0.2) is 30.3 Å². The van der Waals surface area contributed by atoms with Gasteiger partial charge in [-0.1, -0.05) is 6.07 Å². The van der Waals surface area contributed by atoms with Crippen LogP contribution in [0.5, 0.6) is 0 Å². The maximum atomic E-state index is 12.9. The number of alkyl halides is 3. The highest BCUT2D eigenvalue weighted by molar-refractivity contribution is 5.90. The van der Waals surface area contributed by atoms with E-state index in [0.717, 1.165) is 31.5 Å². The molecule has 142 valence electrons. The summed E-state index contributed by atoms with van der Waals surface area (Å²) < 4.78 is 40.1. The molecule has 1 amide bonds. The fourth-order valence-electron chi connectivity index (χ4n) is 2.95. The van der Waals surface area contributed by atoms with Crippen molar-refractivity contribution in [3.63, 3.8) is 0 Å². The number of nitrogens with one attached hydrogen (secondary N) is 2. The molecule has 5 nitrogen and oxygen atoms in total. The van der Waals surface area contributed by atoms with E-state index in [-0.39, 0.29) is 30.0 Å². The molecule has 1 aromatic carbocycles. The van der Waals surface area contributed by atoms with Gasteiger partial charge >= 0.3 is 6.18 Å². The Morgan fingerprint density at radius 1 is 1.38 bits per heavy atom. The number of amides is 1. The summed E-state index contributed by atoms with van der Waals surface area (Å²) in [5, 5.41) is 10.2. The summed E-state index contributed by atoms with van der Waals surface area (Å²) in [4.78, 5) is 12.2. The molecule has 1 saturated heterocycles. The fraction of sp³-hybridized carbons (Fsp3) is 0.412. The molecule has 1 atom stereocenters. The van der Waals surface area contributed by atoms with E-state index in [2.05, 4.69) is 15.7 Å². The molecule has 9 heteroatoms. The number of carbonyl (C=O) groups excluding carboxylic acids is 1. The maximum Gasteiger partial charge on any atom is 0.416 e. The van der Waals surface area contributed by atoms with Gasteiger partial charge in [-0.15, -0.1) is 12.4 Å². The summed E-state index contributed by atoms with van der Waals surface area (Å²) >= 11 is 0. The standard InChI is InChI=1S/C17H19F3N4O.ClH/c1-11-8-15(22-16(25)10-13-5-3-7-21-13)24(23-11)14-6-2-4-12(9-14)17(18,19)20;/h2,4,6,8-9,13,21H,3,5,7,10H2,1H3,(H,22,25);1H. The Morgan fingerprint density at radius 3 is 2.81 bits per heavy atom. The Kier molecular flexibility index (Phi) is 6.30. The highest BCUT2D eigenvalue weighted by Gasteiger charge is 2.30. The van der Waals surface area contributed by atoms with E-state index < -0.39 is 11.7 Å². The van der Waals surface area contributed by atoms with Gasteiger partial charge in [0.1, 0.15) is 5.82 Å². The van der Waals surface area contributed by atoms with E-state index in [1.807, 2.05) is 0 Å². The second kappa shape index (κ2) is 8.09. The van der Waals surface area contributed by atoms with Crippen molar-refractivity contribution in [2.45, 2.75) is 38.4 Å². The van der Waals surface area contributed by atoms with E-state index in [4.69, 9.17) is 0 Å². The predicted molar refractivity (Wildman–Crippen MR) is 94.8 cm³/mol. The molecule has 3 rings (SSSR count). The van der Waals surface area contributed by atoms with Crippen molar-refractivity contribution in [2.24, 2.45) is 0 Å². The van der Waals surface area contributed by atoms with Crippen LogP contribution in [0.1, 0.15) is 30.5 Å². The SMILES string of the molecule is Cc1cc(NC(=O)CC2CCCN2)n(-c2cccc(C(F)(F)F)c2)n1.Cl. The molecule has 0 saturated carbocycles. The van der Waals surface area contributed by atoms with Crippen LogP contribution in [0.4, 0.5) is 19.0 Å². The predicted octanol–water partition coefficient (Wildman–Crippen LogP) is 3.70. The molecule has 1 aromatic heterocycles. The minimum absolute atomic E-state index is 0. The Hall–Kier alpha value is -2.06. The largest absolute Gasteiger partial charge is 0.416 e. The third-order valence-electron chi connectivity index (χ3n) is 4.11. The van der Waals surface area contributed by atoms with Crippen molar-refractivity contribution in [2.75, 3.05) is 11.9 Å². The summed E-state index contributed by atoms with van der Waals surface area (Å²) in [5.41, 5.74) is 0.0921. The van der Waals surface area contributed by atoms with E-state index >= 15 is 0 Å². The molecule has 26 heavy (non-hydrogen) atoms. The number of carbonyl (C=O) groups is 1. The van der Waals surface area contributed by atoms with Crippen LogP contribution in [-0.2, 0) is 11.0 Å². The molecule has 0 spiro atoms. The first-order chi connectivity index (χ1) is 11.8. The minimum atomic E-state index is -4.43. The van der Waals surface area contributed by atoms with Crippen LogP contribution < -0.4 is 10.6 Å². The lowest BCUT2D eigenvalue weighted by atomic mass is 10.1. The van der Waals surface area contributed by atoms with Gasteiger partial charge in [0.25, 0.3) is 0 Å². The van der Waals surface area contributed by atoms with Crippen LogP contribution in [0.3, 0.4) is 0 Å². The third kappa shape index (κ3) is 4.76. The third-order valence-corrected chi connectivity index (χ3v) is 4.11. The molecule has 0 radical (unpaired) electrons. The Morgan fingerprint density at radius 2 is 2.15 bits per heavy atom. The van der Waals surface area contributed by atoms with Crippen LogP contribution in [0.2, 0.25) is 0 Å². The summed E-state index contributed by atoms with van der Waals surface area (Å²) in [7, 11) is 0. The van der Waals surface area contributed by atoms with Crippen molar-refractivity contribution < 1.29 is 18.0 Å². The van der Waals surface area contributed by atoms with Crippen LogP contribution in [0.25, 0.3) is 5.69 Å². The Labute approximate surface area is 155 Å². The highest BCUT2D eigenvalue weighted by atomic mass is 35.5. The molecule has 1 unspecified atom stereocenters. The van der Waals surface area contributed by atoms with Gasteiger partial charge in [-0.05, 0) is 44.5 Å². The van der Waals surface area contributed by atoms with E-state index in [1.54, 1.807) is 13.0 Å². The molecule has 2 N–H and O–H groups in total. The topological polar surface area (TPSA) is 59.0 Å². The lowest BCUT2D eigenvalue weighted by Crippen LogP contribution is -2.28. The number of nitrogens with zero attached hydrogens (tertiary/aromatic N) is 2. The summed E-state index contributed by atoms with van der Waals surface area (Å²) in [6, 6.07) is 6.65. The lowest BCUT2D eigenvalue weighted by molar-refractivity contribution is -0.137. The molecular formula is C17H20ClF3N4O. The number of hydrogen-bond acceptors (Lipinski definition) is 3. The first kappa shape index (κ1) is 20.3. The van der Waals surface area contributed by atoms with E-state index in [9.17, 15) is 18.0 Å². The van der Waals surface area contributed by atoms with Gasteiger partial charge in [0.15, 0.2) is 0 Å². The molecular weight excluding hydrogens is 369 g/mol. The van der Waals surface area contributed by atoms with Crippen LogP contribution in [-0.4, -0.2) is 28.3 Å². The number of hydrogen-bond donors (Lipinski definition) is 2. The van der Waals surface area contributed by atoms with Gasteiger partial charge in [-0.25, -0.2) is 4.68 Å². The summed E-state index contributed by atoms with van der Waals surface area (Å²) in [6.45, 7) is 2.62. The van der Waals surface area contributed by atoms with Crippen molar-refractivity contribution in [3.8, 4) is 5.69 Å². The number of aromatic nitrogens is 2. The molecule has 2 aromatic rings. The molecule has 1 fully saturated rings. The van der Waals surface area contributed by atoms with Crippen molar-refractivity contribution in [1.82, 2.24) is 15.1 Å². The van der Waals surface area contributed by atoms with Gasteiger partial charge in [-0.3, -0.25) is 4.79 Å². The van der Waals surface area contributed by atoms with Crippen LogP contribution >= 0.6 is 12.4 Å². The van der Waals surface area contributed by atoms with Crippen molar-refractivity contribution in [1.29, 1.82) is 0 Å². The molecule has 1 aliphatic heterocycles. The number of benzene rings is 1. The monoisotopic (exact) mass is 388 g/mol. The minimum Gasteiger partial charge on any atom is -0.313 e. The van der Waals surface area contributed by atoms with Crippen molar-refractivity contribution >= 4 is 24.1 Å². The average Bonchev–Trinajstić information content (AvgIpc) is 3.16. The van der Waals surface area contributed by atoms with E-state index in [1.165, 1.54) is 16.8 Å². The average molecular weight is 389 g/mol. The number of aryl methyl sites for hydroxylation is 1. The molecule has 0 aliphatic carbocycles. The quantitative estimate of drug-likeness (QED) is 0.839. The van der Waals surface area contributed by atoms with Gasteiger partial charge in [-0.2, -0.15) is 18.3 Å². The van der Waals surface area contributed by atoms with Gasteiger partial charge in [0, 0.05) is 18.5 Å². The summed E-state index contributed by atoms with van der Waals surface area (Å²) in [6.07, 6.45) is -2.12. The molecule has 0 bridgehead atoms. The maximum absolute atomic E-state index is 12.9. The van der Waals surface area contributed by atoms with Crippen LogP contribution in [0, 0.1) is 6.92 Å². The zero-order valence-corrected chi connectivity index (χ0v) is 15.0. The number of rotatable bonds is 4. The zero-order chi connectivity index (χ0) is 18.0. The Balaban J connectivity index is 0.00000243. The van der Waals surface area contributed by atoms with E-state index in [0.29, 0.717) is 17.9 Å². The second-order valence-corrected chi connectivity index (χ2v) is 6.18. The fourth-order valence-corrected chi connectivity index (χ4v) is 2.95. The van der Waals surface area contributed by atoms with Gasteiger partial charge < -0.3 is 10.6 Å². The summed E-state index contributed by atoms with van der Waals surface area (Å²) in [5.74, 6) is 0.173.